The second kappa shape index (κ2) is 5.83. The Labute approximate surface area is 108 Å². The van der Waals surface area contributed by atoms with E-state index in [0.29, 0.717) is 6.04 Å². The number of anilines is 1. The van der Waals surface area contributed by atoms with Crippen LogP contribution >= 0.6 is 11.3 Å². The average Bonchev–Trinajstić information content (AvgIpc) is 2.98. The van der Waals surface area contributed by atoms with Crippen molar-refractivity contribution in [3.8, 4) is 0 Å². The monoisotopic (exact) mass is 253 g/mol. The molecule has 1 aromatic rings. The van der Waals surface area contributed by atoms with E-state index in [1.165, 1.54) is 36.8 Å². The lowest BCUT2D eigenvalue weighted by Crippen LogP contribution is -2.20. The highest BCUT2D eigenvalue weighted by Crippen LogP contribution is 2.29. The highest BCUT2D eigenvalue weighted by Gasteiger charge is 2.23. The van der Waals surface area contributed by atoms with Gasteiger partial charge in [0.05, 0.1) is 5.69 Å². The molecule has 2 rings (SSSR count). The fourth-order valence-corrected chi connectivity index (χ4v) is 3.33. The summed E-state index contributed by atoms with van der Waals surface area (Å²) in [6, 6.07) is 0.370. The van der Waals surface area contributed by atoms with E-state index in [2.05, 4.69) is 36.4 Å². The van der Waals surface area contributed by atoms with Crippen molar-refractivity contribution in [3.63, 3.8) is 0 Å². The van der Waals surface area contributed by atoms with Gasteiger partial charge in [-0.25, -0.2) is 4.98 Å². The van der Waals surface area contributed by atoms with E-state index >= 15 is 0 Å². The molecule has 0 radical (unpaired) electrons. The Bertz CT molecular complexity index is 350. The van der Waals surface area contributed by atoms with E-state index in [4.69, 9.17) is 4.98 Å². The normalized spacial score (nSPS) is 22.1. The third kappa shape index (κ3) is 2.99. The lowest BCUT2D eigenvalue weighted by molar-refractivity contribution is 0.568. The van der Waals surface area contributed by atoms with Crippen LogP contribution in [0.5, 0.6) is 0 Å². The smallest absolute Gasteiger partial charge is 0.185 e. The van der Waals surface area contributed by atoms with Gasteiger partial charge < -0.3 is 10.2 Å². The Morgan fingerprint density at radius 2 is 2.41 bits per heavy atom. The van der Waals surface area contributed by atoms with Crippen LogP contribution in [0, 0.1) is 5.92 Å². The Morgan fingerprint density at radius 1 is 1.59 bits per heavy atom. The molecule has 1 saturated heterocycles. The van der Waals surface area contributed by atoms with E-state index in [9.17, 15) is 0 Å². The number of hydrogen-bond acceptors (Lipinski definition) is 4. The first-order valence-electron chi connectivity index (χ1n) is 6.68. The Balaban J connectivity index is 1.98. The minimum absolute atomic E-state index is 0.370. The van der Waals surface area contributed by atoms with Gasteiger partial charge >= 0.3 is 0 Å². The van der Waals surface area contributed by atoms with Gasteiger partial charge in [-0.15, -0.1) is 11.3 Å². The molecule has 2 heterocycles. The Hall–Kier alpha value is -0.610. The van der Waals surface area contributed by atoms with Crippen molar-refractivity contribution in [2.45, 2.75) is 39.7 Å². The zero-order valence-electron chi connectivity index (χ0n) is 11.1. The molecule has 1 fully saturated rings. The van der Waals surface area contributed by atoms with Gasteiger partial charge in [0.2, 0.25) is 0 Å². The fraction of sp³-hybridized carbons (Fsp3) is 0.769. The summed E-state index contributed by atoms with van der Waals surface area (Å²) in [7, 11) is 0. The number of nitrogens with zero attached hydrogens (tertiary/aromatic N) is 2. The molecule has 0 amide bonds. The maximum absolute atomic E-state index is 4.76. The molecule has 17 heavy (non-hydrogen) atoms. The molecule has 0 saturated carbocycles. The average molecular weight is 253 g/mol. The predicted molar refractivity (Wildman–Crippen MR) is 74.8 cm³/mol. The minimum Gasteiger partial charge on any atom is -0.348 e. The van der Waals surface area contributed by atoms with Crippen molar-refractivity contribution < 1.29 is 0 Å². The molecular formula is C13H23N3S. The van der Waals surface area contributed by atoms with Crippen molar-refractivity contribution >= 4 is 16.5 Å². The van der Waals surface area contributed by atoms with Crippen LogP contribution in [0.4, 0.5) is 5.13 Å². The molecule has 0 spiro atoms. The first-order chi connectivity index (χ1) is 8.24. The minimum atomic E-state index is 0.370. The van der Waals surface area contributed by atoms with Crippen LogP contribution < -0.4 is 10.2 Å². The van der Waals surface area contributed by atoms with Gasteiger partial charge in [-0.2, -0.15) is 0 Å². The molecular weight excluding hydrogens is 230 g/mol. The summed E-state index contributed by atoms with van der Waals surface area (Å²) in [4.78, 5) is 7.21. The van der Waals surface area contributed by atoms with Crippen molar-refractivity contribution in [2.24, 2.45) is 5.92 Å². The summed E-state index contributed by atoms with van der Waals surface area (Å²) in [6.45, 7) is 9.97. The van der Waals surface area contributed by atoms with Crippen LogP contribution in [0.1, 0.15) is 45.3 Å². The van der Waals surface area contributed by atoms with E-state index in [1.54, 1.807) is 11.3 Å². The molecule has 2 atom stereocenters. The number of aromatic nitrogens is 1. The van der Waals surface area contributed by atoms with Gasteiger partial charge in [0, 0.05) is 24.5 Å². The predicted octanol–water partition coefficient (Wildman–Crippen LogP) is 3.05. The summed E-state index contributed by atoms with van der Waals surface area (Å²) in [5.41, 5.74) is 1.19. The lowest BCUT2D eigenvalue weighted by Gasteiger charge is -2.14. The van der Waals surface area contributed by atoms with E-state index < -0.39 is 0 Å². The van der Waals surface area contributed by atoms with Gasteiger partial charge in [-0.05, 0) is 25.8 Å². The van der Waals surface area contributed by atoms with Gasteiger partial charge in [-0.3, -0.25) is 0 Å². The van der Waals surface area contributed by atoms with Gasteiger partial charge in [0.25, 0.3) is 0 Å². The van der Waals surface area contributed by atoms with Crippen LogP contribution in [0.15, 0.2) is 5.38 Å². The number of thiazole rings is 1. The second-order valence-corrected chi connectivity index (χ2v) is 5.68. The van der Waals surface area contributed by atoms with E-state index in [0.717, 1.165) is 12.5 Å². The zero-order chi connectivity index (χ0) is 12.3. The van der Waals surface area contributed by atoms with Gasteiger partial charge in [0.15, 0.2) is 5.13 Å². The van der Waals surface area contributed by atoms with Crippen molar-refractivity contribution in [3.05, 3.63) is 11.1 Å². The maximum Gasteiger partial charge on any atom is 0.185 e. The Kier molecular flexibility index (Phi) is 4.40. The highest BCUT2D eigenvalue weighted by atomic mass is 32.1. The van der Waals surface area contributed by atoms with Crippen molar-refractivity contribution in [1.29, 1.82) is 0 Å². The van der Waals surface area contributed by atoms with Gasteiger partial charge in [0.1, 0.15) is 0 Å². The summed E-state index contributed by atoms with van der Waals surface area (Å²) >= 11 is 1.79. The number of nitrogens with one attached hydrogen (secondary N) is 1. The number of rotatable bonds is 5. The summed E-state index contributed by atoms with van der Waals surface area (Å²) < 4.78 is 0. The van der Waals surface area contributed by atoms with Crippen molar-refractivity contribution in [2.75, 3.05) is 24.5 Å². The fourth-order valence-electron chi connectivity index (χ4n) is 2.37. The maximum atomic E-state index is 4.76. The second-order valence-electron chi connectivity index (χ2n) is 4.84. The molecule has 0 aliphatic carbocycles. The first-order valence-corrected chi connectivity index (χ1v) is 7.56. The molecule has 96 valence electrons. The Morgan fingerprint density at radius 3 is 3.06 bits per heavy atom. The van der Waals surface area contributed by atoms with Crippen LogP contribution in [-0.4, -0.2) is 24.6 Å². The topological polar surface area (TPSA) is 28.2 Å². The van der Waals surface area contributed by atoms with Gasteiger partial charge in [-0.1, -0.05) is 20.3 Å². The molecule has 1 N–H and O–H groups in total. The summed E-state index contributed by atoms with van der Waals surface area (Å²) in [5.74, 6) is 0.869. The van der Waals surface area contributed by atoms with Crippen LogP contribution in [0.2, 0.25) is 0 Å². The molecule has 2 unspecified atom stereocenters. The molecule has 0 bridgehead atoms. The molecule has 3 nitrogen and oxygen atoms in total. The third-order valence-corrected chi connectivity index (χ3v) is 4.52. The standard InChI is InChI=1S/C13H23N3S/c1-4-11-6-7-16(8-11)13-15-12(9-17-13)10(3)14-5-2/h9-11,14H,4-8H2,1-3H3. The lowest BCUT2D eigenvalue weighted by atomic mass is 10.1. The van der Waals surface area contributed by atoms with Crippen LogP contribution in [0.25, 0.3) is 0 Å². The third-order valence-electron chi connectivity index (χ3n) is 3.60. The quantitative estimate of drug-likeness (QED) is 0.874. The van der Waals surface area contributed by atoms with Crippen LogP contribution in [0.3, 0.4) is 0 Å². The SMILES string of the molecule is CCNC(C)c1csc(N2CCC(CC)C2)n1. The molecule has 1 aliphatic rings. The molecule has 4 heteroatoms. The zero-order valence-corrected chi connectivity index (χ0v) is 11.9. The largest absolute Gasteiger partial charge is 0.348 e. The number of hydrogen-bond donors (Lipinski definition) is 1. The highest BCUT2D eigenvalue weighted by molar-refractivity contribution is 7.13. The van der Waals surface area contributed by atoms with E-state index in [1.807, 2.05) is 0 Å². The summed E-state index contributed by atoms with van der Waals surface area (Å²) in [6.07, 6.45) is 2.62. The molecule has 0 aromatic carbocycles. The van der Waals surface area contributed by atoms with Crippen LogP contribution in [-0.2, 0) is 0 Å². The molecule has 1 aliphatic heterocycles. The first kappa shape index (κ1) is 12.8. The van der Waals surface area contributed by atoms with E-state index in [-0.39, 0.29) is 0 Å². The molecule has 1 aromatic heterocycles. The summed E-state index contributed by atoms with van der Waals surface area (Å²) in [5, 5.41) is 6.82. The van der Waals surface area contributed by atoms with Crippen molar-refractivity contribution in [1.82, 2.24) is 10.3 Å².